The monoisotopic (exact) mass is 442 g/mol. The van der Waals surface area contributed by atoms with E-state index in [0.29, 0.717) is 5.01 Å². The standard InChI is InChI=1S/C22H20F2N4O2S/c1-14(21-27-20(10-31-21)15-3-6-17(30-2)7-4-15)22(29,11-28-13-25-12-26-28)18-8-5-16(23)9-19(18)24/h3-10,12-14,29H,11H2,1-2H3/t14-,22+/m0/s1. The molecule has 0 aliphatic carbocycles. The molecule has 0 saturated carbocycles. The fraction of sp³-hybridized carbons (Fsp3) is 0.227. The van der Waals surface area contributed by atoms with Crippen LogP contribution < -0.4 is 4.74 Å². The van der Waals surface area contributed by atoms with Gasteiger partial charge in [-0.05, 0) is 30.3 Å². The number of benzene rings is 2. The van der Waals surface area contributed by atoms with Gasteiger partial charge in [0.25, 0.3) is 0 Å². The number of hydrogen-bond donors (Lipinski definition) is 1. The Bertz CT molecular complexity index is 1160. The van der Waals surface area contributed by atoms with Crippen LogP contribution in [0.3, 0.4) is 0 Å². The summed E-state index contributed by atoms with van der Waals surface area (Å²) in [5.74, 6) is -1.43. The van der Waals surface area contributed by atoms with Gasteiger partial charge in [-0.3, -0.25) is 0 Å². The van der Waals surface area contributed by atoms with Gasteiger partial charge in [-0.25, -0.2) is 23.4 Å². The first kappa shape index (κ1) is 21.1. The molecule has 6 nitrogen and oxygen atoms in total. The number of thiazole rings is 1. The van der Waals surface area contributed by atoms with Gasteiger partial charge in [-0.2, -0.15) is 5.10 Å². The molecule has 1 N–H and O–H groups in total. The predicted octanol–water partition coefficient (Wildman–Crippen LogP) is 4.38. The topological polar surface area (TPSA) is 73.1 Å². The Kier molecular flexibility index (Phi) is 5.79. The van der Waals surface area contributed by atoms with Gasteiger partial charge < -0.3 is 9.84 Å². The van der Waals surface area contributed by atoms with E-state index < -0.39 is 23.2 Å². The van der Waals surface area contributed by atoms with Crippen molar-refractivity contribution in [2.45, 2.75) is 25.0 Å². The van der Waals surface area contributed by atoms with Crippen LogP contribution in [0.25, 0.3) is 11.3 Å². The lowest BCUT2D eigenvalue weighted by molar-refractivity contribution is -0.0112. The van der Waals surface area contributed by atoms with Crippen LogP contribution in [-0.2, 0) is 12.1 Å². The van der Waals surface area contributed by atoms with Crippen LogP contribution in [0.15, 0.2) is 60.5 Å². The maximum Gasteiger partial charge on any atom is 0.137 e. The molecule has 2 aromatic heterocycles. The van der Waals surface area contributed by atoms with Crippen molar-refractivity contribution in [3.63, 3.8) is 0 Å². The van der Waals surface area contributed by atoms with Gasteiger partial charge in [0.1, 0.15) is 35.6 Å². The average molecular weight is 442 g/mol. The molecule has 0 bridgehead atoms. The molecule has 0 amide bonds. The molecule has 0 unspecified atom stereocenters. The summed E-state index contributed by atoms with van der Waals surface area (Å²) >= 11 is 1.36. The quantitative estimate of drug-likeness (QED) is 0.460. The highest BCUT2D eigenvalue weighted by Crippen LogP contribution is 2.41. The number of aliphatic hydroxyl groups is 1. The number of rotatable bonds is 7. The summed E-state index contributed by atoms with van der Waals surface area (Å²) in [6.07, 6.45) is 2.76. The van der Waals surface area contributed by atoms with Gasteiger partial charge in [0, 0.05) is 28.5 Å². The predicted molar refractivity (Wildman–Crippen MR) is 113 cm³/mol. The average Bonchev–Trinajstić information content (AvgIpc) is 3.45. The molecule has 2 aromatic carbocycles. The van der Waals surface area contributed by atoms with Crippen LogP contribution in [-0.4, -0.2) is 32.0 Å². The van der Waals surface area contributed by atoms with Crippen molar-refractivity contribution in [1.82, 2.24) is 19.7 Å². The van der Waals surface area contributed by atoms with Crippen LogP contribution in [0.1, 0.15) is 23.4 Å². The summed E-state index contributed by atoms with van der Waals surface area (Å²) in [6, 6.07) is 10.6. The van der Waals surface area contributed by atoms with Crippen molar-refractivity contribution in [2.24, 2.45) is 0 Å². The highest BCUT2D eigenvalue weighted by Gasteiger charge is 2.41. The fourth-order valence-corrected chi connectivity index (χ4v) is 4.41. The Labute approximate surface area is 181 Å². The molecule has 31 heavy (non-hydrogen) atoms. The molecule has 2 heterocycles. The lowest BCUT2D eigenvalue weighted by atomic mass is 9.82. The highest BCUT2D eigenvalue weighted by molar-refractivity contribution is 7.10. The van der Waals surface area contributed by atoms with Gasteiger partial charge in [0.05, 0.1) is 24.4 Å². The molecule has 4 rings (SSSR count). The lowest BCUT2D eigenvalue weighted by Crippen LogP contribution is -2.38. The van der Waals surface area contributed by atoms with E-state index in [1.807, 2.05) is 29.6 Å². The van der Waals surface area contributed by atoms with E-state index >= 15 is 0 Å². The molecule has 0 spiro atoms. The van der Waals surface area contributed by atoms with Crippen LogP contribution in [0.2, 0.25) is 0 Å². The molecule has 2 atom stereocenters. The molecule has 0 aliphatic rings. The maximum atomic E-state index is 14.7. The van der Waals surface area contributed by atoms with Crippen molar-refractivity contribution in [3.8, 4) is 17.0 Å². The number of ether oxygens (including phenoxy) is 1. The van der Waals surface area contributed by atoms with Crippen LogP contribution in [0.5, 0.6) is 5.75 Å². The second-order valence-corrected chi connectivity index (χ2v) is 8.05. The highest BCUT2D eigenvalue weighted by atomic mass is 32.1. The molecular weight excluding hydrogens is 422 g/mol. The third-order valence-corrected chi connectivity index (χ3v) is 6.29. The number of methoxy groups -OCH3 is 1. The van der Waals surface area contributed by atoms with Crippen molar-refractivity contribution < 1.29 is 18.6 Å². The van der Waals surface area contributed by atoms with E-state index in [1.165, 1.54) is 34.7 Å². The summed E-state index contributed by atoms with van der Waals surface area (Å²) in [4.78, 5) is 8.57. The summed E-state index contributed by atoms with van der Waals surface area (Å²) in [5, 5.41) is 18.2. The molecule has 0 aliphatic heterocycles. The van der Waals surface area contributed by atoms with E-state index in [0.717, 1.165) is 29.1 Å². The normalized spacial score (nSPS) is 14.2. The Morgan fingerprint density at radius 3 is 2.61 bits per heavy atom. The number of nitrogens with zero attached hydrogens (tertiary/aromatic N) is 4. The lowest BCUT2D eigenvalue weighted by Gasteiger charge is -2.33. The Morgan fingerprint density at radius 2 is 1.97 bits per heavy atom. The second kappa shape index (κ2) is 8.52. The zero-order chi connectivity index (χ0) is 22.0. The summed E-state index contributed by atoms with van der Waals surface area (Å²) in [5.41, 5.74) is -0.140. The Hall–Kier alpha value is -3.17. The van der Waals surface area contributed by atoms with E-state index in [-0.39, 0.29) is 12.1 Å². The van der Waals surface area contributed by atoms with E-state index in [4.69, 9.17) is 4.74 Å². The first-order chi connectivity index (χ1) is 14.9. The maximum absolute atomic E-state index is 14.7. The summed E-state index contributed by atoms with van der Waals surface area (Å²) in [6.45, 7) is 1.69. The summed E-state index contributed by atoms with van der Waals surface area (Å²) < 4.78 is 34.8. The Balaban J connectivity index is 1.72. The molecule has 4 aromatic rings. The molecule has 9 heteroatoms. The van der Waals surface area contributed by atoms with E-state index in [1.54, 1.807) is 14.0 Å². The minimum atomic E-state index is -1.74. The van der Waals surface area contributed by atoms with Crippen molar-refractivity contribution in [3.05, 3.63) is 82.7 Å². The minimum absolute atomic E-state index is 0.0295. The van der Waals surface area contributed by atoms with Crippen LogP contribution >= 0.6 is 11.3 Å². The fourth-order valence-electron chi connectivity index (χ4n) is 3.44. The second-order valence-electron chi connectivity index (χ2n) is 7.16. The van der Waals surface area contributed by atoms with E-state index in [9.17, 15) is 13.9 Å². The van der Waals surface area contributed by atoms with Gasteiger partial charge in [-0.1, -0.05) is 13.0 Å². The third-order valence-electron chi connectivity index (χ3n) is 5.26. The smallest absolute Gasteiger partial charge is 0.137 e. The molecule has 160 valence electrons. The van der Waals surface area contributed by atoms with Crippen molar-refractivity contribution in [2.75, 3.05) is 7.11 Å². The third kappa shape index (κ3) is 4.19. The first-order valence-corrected chi connectivity index (χ1v) is 10.4. The van der Waals surface area contributed by atoms with Crippen molar-refractivity contribution >= 4 is 11.3 Å². The van der Waals surface area contributed by atoms with Crippen LogP contribution in [0.4, 0.5) is 8.78 Å². The zero-order valence-electron chi connectivity index (χ0n) is 16.9. The molecule has 0 fully saturated rings. The summed E-state index contributed by atoms with van der Waals surface area (Å²) in [7, 11) is 1.60. The zero-order valence-corrected chi connectivity index (χ0v) is 17.7. The first-order valence-electron chi connectivity index (χ1n) is 9.51. The minimum Gasteiger partial charge on any atom is -0.497 e. The number of hydrogen-bond acceptors (Lipinski definition) is 6. The SMILES string of the molecule is COc1ccc(-c2csc([C@H](C)[C@](O)(Cn3cncn3)c3ccc(F)cc3F)n2)cc1. The molecular formula is C22H20F2N4O2S. The number of halogens is 2. The van der Waals surface area contributed by atoms with Gasteiger partial charge in [-0.15, -0.1) is 11.3 Å². The van der Waals surface area contributed by atoms with Gasteiger partial charge in [0.15, 0.2) is 0 Å². The molecule has 0 saturated heterocycles. The van der Waals surface area contributed by atoms with Crippen LogP contribution in [0, 0.1) is 11.6 Å². The molecule has 0 radical (unpaired) electrons. The number of aromatic nitrogens is 4. The Morgan fingerprint density at radius 1 is 1.19 bits per heavy atom. The van der Waals surface area contributed by atoms with Gasteiger partial charge in [0.2, 0.25) is 0 Å². The van der Waals surface area contributed by atoms with E-state index in [2.05, 4.69) is 15.1 Å². The van der Waals surface area contributed by atoms with Gasteiger partial charge >= 0.3 is 0 Å². The van der Waals surface area contributed by atoms with Crippen molar-refractivity contribution in [1.29, 1.82) is 0 Å². The largest absolute Gasteiger partial charge is 0.497 e.